The molecule has 0 unspecified atom stereocenters. The van der Waals surface area contributed by atoms with Gasteiger partial charge in [-0.15, -0.1) is 10.2 Å². The molecule has 0 radical (unpaired) electrons. The van der Waals surface area contributed by atoms with E-state index in [1.807, 2.05) is 11.5 Å². The van der Waals surface area contributed by atoms with Gasteiger partial charge in [-0.3, -0.25) is 9.59 Å². The molecule has 0 aromatic carbocycles. The van der Waals surface area contributed by atoms with E-state index in [0.29, 0.717) is 31.1 Å². The minimum atomic E-state index is -0.891. The maximum Gasteiger partial charge on any atom is 0.313 e. The number of carboxylic acid groups (broad SMARTS) is 1. The highest BCUT2D eigenvalue weighted by Crippen LogP contribution is 2.18. The lowest BCUT2D eigenvalue weighted by Crippen LogP contribution is -2.10. The molecule has 0 fully saturated rings. The van der Waals surface area contributed by atoms with E-state index in [9.17, 15) is 9.59 Å². The van der Waals surface area contributed by atoms with Crippen molar-refractivity contribution in [3.05, 3.63) is 5.82 Å². The van der Waals surface area contributed by atoms with Gasteiger partial charge >= 0.3 is 11.9 Å². The molecule has 1 rings (SSSR count). The highest BCUT2D eigenvalue weighted by molar-refractivity contribution is 7.99. The van der Waals surface area contributed by atoms with Crippen LogP contribution in [0.1, 0.15) is 38.9 Å². The second-order valence-electron chi connectivity index (χ2n) is 4.39. The highest BCUT2D eigenvalue weighted by Gasteiger charge is 2.14. The van der Waals surface area contributed by atoms with Crippen molar-refractivity contribution in [3.63, 3.8) is 0 Å². The van der Waals surface area contributed by atoms with Gasteiger partial charge in [0.25, 0.3) is 0 Å². The number of hydrogen-bond acceptors (Lipinski definition) is 6. The molecule has 0 atom stereocenters. The molecule has 118 valence electrons. The normalized spacial score (nSPS) is 10.6. The molecular weight excluding hydrogens is 294 g/mol. The lowest BCUT2D eigenvalue weighted by molar-refractivity contribution is -0.143. The largest absolute Gasteiger partial charge is 0.481 e. The molecule has 0 bridgehead atoms. The molecule has 7 nitrogen and oxygen atoms in total. The van der Waals surface area contributed by atoms with Crippen molar-refractivity contribution >= 4 is 23.7 Å². The number of ether oxygens (including phenoxy) is 1. The number of rotatable bonds is 10. The van der Waals surface area contributed by atoms with Crippen LogP contribution < -0.4 is 0 Å². The molecule has 0 amide bonds. The lowest BCUT2D eigenvalue weighted by Gasteiger charge is -2.09. The molecule has 0 aliphatic carbocycles. The van der Waals surface area contributed by atoms with E-state index in [1.165, 1.54) is 0 Å². The van der Waals surface area contributed by atoms with E-state index in [2.05, 4.69) is 10.2 Å². The van der Waals surface area contributed by atoms with Crippen molar-refractivity contribution in [2.24, 2.45) is 0 Å². The first kappa shape index (κ1) is 17.5. The lowest BCUT2D eigenvalue weighted by atomic mass is 10.3. The topological polar surface area (TPSA) is 94.3 Å². The van der Waals surface area contributed by atoms with E-state index >= 15 is 0 Å². The van der Waals surface area contributed by atoms with Gasteiger partial charge < -0.3 is 14.4 Å². The fraction of sp³-hybridized carbons (Fsp3) is 0.692. The van der Waals surface area contributed by atoms with E-state index < -0.39 is 5.97 Å². The minimum Gasteiger partial charge on any atom is -0.481 e. The summed E-state index contributed by atoms with van der Waals surface area (Å²) in [6.45, 7) is 4.79. The van der Waals surface area contributed by atoms with Crippen molar-refractivity contribution in [2.75, 3.05) is 12.4 Å². The summed E-state index contributed by atoms with van der Waals surface area (Å²) in [6.07, 6.45) is 2.66. The van der Waals surface area contributed by atoms with Gasteiger partial charge in [-0.05, 0) is 19.8 Å². The van der Waals surface area contributed by atoms with Crippen LogP contribution in [-0.4, -0.2) is 44.2 Å². The maximum atomic E-state index is 11.3. The van der Waals surface area contributed by atoms with Gasteiger partial charge in [0.15, 0.2) is 5.16 Å². The Labute approximate surface area is 128 Å². The van der Waals surface area contributed by atoms with Crippen molar-refractivity contribution in [1.29, 1.82) is 0 Å². The molecule has 21 heavy (non-hydrogen) atoms. The van der Waals surface area contributed by atoms with Crippen LogP contribution in [0.3, 0.4) is 0 Å². The average molecular weight is 315 g/mol. The van der Waals surface area contributed by atoms with Gasteiger partial charge in [0.1, 0.15) is 5.82 Å². The first-order valence-electron chi connectivity index (χ1n) is 7.00. The number of nitrogens with zero attached hydrogens (tertiary/aromatic N) is 3. The third-order valence-electron chi connectivity index (χ3n) is 2.66. The molecule has 1 heterocycles. The molecule has 8 heteroatoms. The summed E-state index contributed by atoms with van der Waals surface area (Å²) in [5.41, 5.74) is 0. The summed E-state index contributed by atoms with van der Waals surface area (Å²) >= 11 is 1.14. The van der Waals surface area contributed by atoms with Gasteiger partial charge in [0, 0.05) is 19.4 Å². The van der Waals surface area contributed by atoms with Crippen LogP contribution in [0.2, 0.25) is 0 Å². The van der Waals surface area contributed by atoms with Crippen molar-refractivity contribution < 1.29 is 19.4 Å². The van der Waals surface area contributed by atoms with E-state index in [-0.39, 0.29) is 11.7 Å². The molecule has 1 aromatic rings. The van der Waals surface area contributed by atoms with Crippen molar-refractivity contribution in [1.82, 2.24) is 14.8 Å². The van der Waals surface area contributed by atoms with E-state index in [4.69, 9.17) is 9.84 Å². The highest BCUT2D eigenvalue weighted by atomic mass is 32.2. The SMILES string of the molecule is CCCc1nnc(SCC(=O)O)n1CCCC(=O)OCC. The van der Waals surface area contributed by atoms with Gasteiger partial charge in [-0.25, -0.2) is 0 Å². The minimum absolute atomic E-state index is 0.0534. The average Bonchev–Trinajstić information content (AvgIpc) is 2.80. The second kappa shape index (κ2) is 9.38. The Balaban J connectivity index is 2.64. The summed E-state index contributed by atoms with van der Waals surface area (Å²) in [6, 6.07) is 0. The van der Waals surface area contributed by atoms with Crippen molar-refractivity contribution in [3.8, 4) is 0 Å². The Kier molecular flexibility index (Phi) is 7.81. The summed E-state index contributed by atoms with van der Waals surface area (Å²) in [7, 11) is 0. The predicted molar refractivity (Wildman–Crippen MR) is 78.2 cm³/mol. The van der Waals surface area contributed by atoms with Crippen LogP contribution in [0.25, 0.3) is 0 Å². The molecular formula is C13H21N3O4S. The Morgan fingerprint density at radius 2 is 2.10 bits per heavy atom. The number of esters is 1. The van der Waals surface area contributed by atoms with Crippen LogP contribution in [0.4, 0.5) is 0 Å². The number of aryl methyl sites for hydroxylation is 1. The molecule has 0 saturated carbocycles. The Morgan fingerprint density at radius 1 is 1.33 bits per heavy atom. The molecule has 1 aromatic heterocycles. The second-order valence-corrected chi connectivity index (χ2v) is 5.33. The van der Waals surface area contributed by atoms with Crippen LogP contribution in [0.5, 0.6) is 0 Å². The standard InChI is InChI=1S/C13H21N3O4S/c1-3-6-10-14-15-13(21-9-11(17)18)16(10)8-5-7-12(19)20-4-2/h3-9H2,1-2H3,(H,17,18). The summed E-state index contributed by atoms with van der Waals surface area (Å²) in [5, 5.41) is 17.5. The quantitative estimate of drug-likeness (QED) is 0.519. The van der Waals surface area contributed by atoms with Gasteiger partial charge in [-0.2, -0.15) is 0 Å². The summed E-state index contributed by atoms with van der Waals surface area (Å²) < 4.78 is 6.79. The first-order chi connectivity index (χ1) is 10.1. The third-order valence-corrected chi connectivity index (χ3v) is 3.61. The number of carboxylic acids is 1. The zero-order chi connectivity index (χ0) is 15.7. The zero-order valence-corrected chi connectivity index (χ0v) is 13.2. The first-order valence-corrected chi connectivity index (χ1v) is 7.99. The summed E-state index contributed by atoms with van der Waals surface area (Å²) in [4.78, 5) is 22.0. The number of thioether (sulfide) groups is 1. The third kappa shape index (κ3) is 6.16. The molecule has 0 aliphatic rings. The number of hydrogen-bond donors (Lipinski definition) is 1. The molecule has 0 aliphatic heterocycles. The fourth-order valence-corrected chi connectivity index (χ4v) is 2.50. The van der Waals surface area contributed by atoms with E-state index in [1.54, 1.807) is 6.92 Å². The smallest absolute Gasteiger partial charge is 0.313 e. The Hall–Kier alpha value is -1.57. The van der Waals surface area contributed by atoms with Crippen LogP contribution in [-0.2, 0) is 27.3 Å². The predicted octanol–water partition coefficient (Wildman–Crippen LogP) is 1.75. The van der Waals surface area contributed by atoms with Gasteiger partial charge in [0.2, 0.25) is 0 Å². The maximum absolute atomic E-state index is 11.3. The Morgan fingerprint density at radius 3 is 2.71 bits per heavy atom. The van der Waals surface area contributed by atoms with Crippen LogP contribution in [0.15, 0.2) is 5.16 Å². The number of carbonyl (C=O) groups excluding carboxylic acids is 1. The Bertz CT molecular complexity index is 476. The van der Waals surface area contributed by atoms with E-state index in [0.717, 1.165) is 30.4 Å². The van der Waals surface area contributed by atoms with Gasteiger partial charge in [0.05, 0.1) is 12.4 Å². The van der Waals surface area contributed by atoms with Crippen LogP contribution >= 0.6 is 11.8 Å². The van der Waals surface area contributed by atoms with Gasteiger partial charge in [-0.1, -0.05) is 18.7 Å². The number of aromatic nitrogens is 3. The summed E-state index contributed by atoms with van der Waals surface area (Å²) in [5.74, 6) is -0.336. The molecule has 1 N–H and O–H groups in total. The monoisotopic (exact) mass is 315 g/mol. The van der Waals surface area contributed by atoms with Crippen molar-refractivity contribution in [2.45, 2.75) is 51.2 Å². The number of aliphatic carboxylic acids is 1. The van der Waals surface area contributed by atoms with Crippen LogP contribution in [0, 0.1) is 0 Å². The molecule has 0 saturated heterocycles. The fourth-order valence-electron chi connectivity index (χ4n) is 1.80. The zero-order valence-electron chi connectivity index (χ0n) is 12.4. The number of carbonyl (C=O) groups is 2. The molecule has 0 spiro atoms.